The zero-order valence-electron chi connectivity index (χ0n) is 9.64. The van der Waals surface area contributed by atoms with Gasteiger partial charge in [0.1, 0.15) is 0 Å². The minimum absolute atomic E-state index is 0.0987. The highest BCUT2D eigenvalue weighted by molar-refractivity contribution is 9.10. The second kappa shape index (κ2) is 5.00. The lowest BCUT2D eigenvalue weighted by atomic mass is 9.93. The molecule has 17 heavy (non-hydrogen) atoms. The second-order valence-electron chi connectivity index (χ2n) is 4.38. The van der Waals surface area contributed by atoms with Gasteiger partial charge in [-0.05, 0) is 35.7 Å². The number of anilines is 1. The summed E-state index contributed by atoms with van der Waals surface area (Å²) in [5.74, 6) is 0.323. The Morgan fingerprint density at radius 3 is 2.71 bits per heavy atom. The van der Waals surface area contributed by atoms with Gasteiger partial charge in [0.05, 0.1) is 10.4 Å². The van der Waals surface area contributed by atoms with Gasteiger partial charge in [-0.2, -0.15) is 0 Å². The number of carbonyl (C=O) groups is 1. The molecule has 0 saturated carbocycles. The van der Waals surface area contributed by atoms with Gasteiger partial charge in [-0.25, -0.2) is 9.97 Å². The van der Waals surface area contributed by atoms with Crippen LogP contribution in [0.2, 0.25) is 0 Å². The smallest absolute Gasteiger partial charge is 0.225 e. The van der Waals surface area contributed by atoms with Crippen molar-refractivity contribution in [3.8, 4) is 0 Å². The molecule has 0 aliphatic carbocycles. The van der Waals surface area contributed by atoms with E-state index in [1.807, 2.05) is 4.90 Å². The molecular weight excluding hydrogens is 284 g/mol. The summed E-state index contributed by atoms with van der Waals surface area (Å²) in [4.78, 5) is 21.8. The number of halogens is 1. The van der Waals surface area contributed by atoms with Gasteiger partial charge in [0.15, 0.2) is 0 Å². The molecule has 6 heteroatoms. The Bertz CT molecular complexity index is 408. The Balaban J connectivity index is 2.17. The second-order valence-corrected chi connectivity index (χ2v) is 5.29. The van der Waals surface area contributed by atoms with Gasteiger partial charge in [0.25, 0.3) is 0 Å². The first kappa shape index (κ1) is 12.3. The lowest BCUT2D eigenvalue weighted by Crippen LogP contribution is -2.46. The van der Waals surface area contributed by atoms with E-state index < -0.39 is 0 Å². The molecule has 1 amide bonds. The molecule has 2 N–H and O–H groups in total. The fourth-order valence-electron chi connectivity index (χ4n) is 2.07. The molecule has 1 aromatic rings. The van der Waals surface area contributed by atoms with Crippen LogP contribution in [0, 0.1) is 5.92 Å². The van der Waals surface area contributed by atoms with Crippen LogP contribution in [0.3, 0.4) is 0 Å². The van der Waals surface area contributed by atoms with E-state index in [1.54, 1.807) is 12.4 Å². The molecular formula is C11H15BrN4O. The van der Waals surface area contributed by atoms with Crippen LogP contribution in [0.25, 0.3) is 0 Å². The van der Waals surface area contributed by atoms with Crippen LogP contribution in [0.4, 0.5) is 5.95 Å². The summed E-state index contributed by atoms with van der Waals surface area (Å²) >= 11 is 3.30. The molecule has 2 heterocycles. The predicted octanol–water partition coefficient (Wildman–Crippen LogP) is 1.33. The number of carbonyl (C=O) groups excluding carboxylic acids is 1. The predicted molar refractivity (Wildman–Crippen MR) is 68.5 cm³/mol. The first-order chi connectivity index (χ1) is 8.08. The van der Waals surface area contributed by atoms with Crippen molar-refractivity contribution in [2.24, 2.45) is 11.7 Å². The van der Waals surface area contributed by atoms with Gasteiger partial charge in [0.2, 0.25) is 11.9 Å². The summed E-state index contributed by atoms with van der Waals surface area (Å²) in [6, 6.07) is 0.340. The standard InChI is InChI=1S/C11H15BrN4O/c1-7-2-3-8(10(13)17)6-16(7)11-14-4-9(12)5-15-11/h4-5,7-8H,2-3,6H2,1H3,(H2,13,17). The molecule has 0 aromatic carbocycles. The van der Waals surface area contributed by atoms with Crippen LogP contribution in [-0.2, 0) is 4.79 Å². The van der Waals surface area contributed by atoms with Crippen molar-refractivity contribution in [2.45, 2.75) is 25.8 Å². The Kier molecular flexibility index (Phi) is 3.61. The largest absolute Gasteiger partial charge is 0.369 e. The number of aromatic nitrogens is 2. The number of piperidine rings is 1. The Hall–Kier alpha value is -1.17. The van der Waals surface area contributed by atoms with Crippen molar-refractivity contribution in [3.05, 3.63) is 16.9 Å². The summed E-state index contributed by atoms with van der Waals surface area (Å²) in [5, 5.41) is 0. The maximum absolute atomic E-state index is 11.2. The molecule has 1 saturated heterocycles. The molecule has 0 radical (unpaired) electrons. The lowest BCUT2D eigenvalue weighted by Gasteiger charge is -2.36. The minimum Gasteiger partial charge on any atom is -0.369 e. The van der Waals surface area contributed by atoms with Crippen molar-refractivity contribution >= 4 is 27.8 Å². The van der Waals surface area contributed by atoms with E-state index in [0.29, 0.717) is 18.5 Å². The average Bonchev–Trinajstić information content (AvgIpc) is 2.31. The van der Waals surface area contributed by atoms with Gasteiger partial charge in [-0.15, -0.1) is 0 Å². The van der Waals surface area contributed by atoms with E-state index in [1.165, 1.54) is 0 Å². The molecule has 1 aliphatic rings. The maximum atomic E-state index is 11.2. The fraction of sp³-hybridized carbons (Fsp3) is 0.545. The summed E-state index contributed by atoms with van der Waals surface area (Å²) in [7, 11) is 0. The summed E-state index contributed by atoms with van der Waals surface area (Å²) in [6.45, 7) is 2.72. The van der Waals surface area contributed by atoms with E-state index in [9.17, 15) is 4.79 Å². The Morgan fingerprint density at radius 1 is 1.47 bits per heavy atom. The quantitative estimate of drug-likeness (QED) is 0.894. The molecule has 1 aliphatic heterocycles. The van der Waals surface area contributed by atoms with E-state index in [0.717, 1.165) is 17.3 Å². The van der Waals surface area contributed by atoms with Crippen molar-refractivity contribution in [1.82, 2.24) is 9.97 Å². The SMILES string of the molecule is CC1CCC(C(N)=O)CN1c1ncc(Br)cn1. The lowest BCUT2D eigenvalue weighted by molar-refractivity contribution is -0.122. The van der Waals surface area contributed by atoms with Crippen LogP contribution in [-0.4, -0.2) is 28.5 Å². The maximum Gasteiger partial charge on any atom is 0.225 e. The van der Waals surface area contributed by atoms with Crippen LogP contribution in [0.1, 0.15) is 19.8 Å². The van der Waals surface area contributed by atoms with Gasteiger partial charge in [-0.3, -0.25) is 4.79 Å². The molecule has 0 spiro atoms. The molecule has 2 atom stereocenters. The third-order valence-corrected chi connectivity index (χ3v) is 3.56. The first-order valence-electron chi connectivity index (χ1n) is 5.61. The number of rotatable bonds is 2. The minimum atomic E-state index is -0.237. The highest BCUT2D eigenvalue weighted by Crippen LogP contribution is 2.25. The third kappa shape index (κ3) is 2.74. The third-order valence-electron chi connectivity index (χ3n) is 3.15. The van der Waals surface area contributed by atoms with Gasteiger partial charge >= 0.3 is 0 Å². The van der Waals surface area contributed by atoms with Gasteiger partial charge in [0, 0.05) is 25.0 Å². The van der Waals surface area contributed by atoms with Crippen molar-refractivity contribution in [1.29, 1.82) is 0 Å². The van der Waals surface area contributed by atoms with E-state index in [-0.39, 0.29) is 11.8 Å². The average molecular weight is 299 g/mol. The van der Waals surface area contributed by atoms with Crippen LogP contribution >= 0.6 is 15.9 Å². The van der Waals surface area contributed by atoms with Crippen LogP contribution < -0.4 is 10.6 Å². The van der Waals surface area contributed by atoms with E-state index in [4.69, 9.17) is 5.73 Å². The summed E-state index contributed by atoms with van der Waals surface area (Å²) in [5.41, 5.74) is 5.36. The molecule has 0 bridgehead atoms. The highest BCUT2D eigenvalue weighted by atomic mass is 79.9. The molecule has 1 fully saturated rings. The van der Waals surface area contributed by atoms with Gasteiger partial charge < -0.3 is 10.6 Å². The van der Waals surface area contributed by atoms with Crippen molar-refractivity contribution in [2.75, 3.05) is 11.4 Å². The number of hydrogen-bond donors (Lipinski definition) is 1. The zero-order valence-corrected chi connectivity index (χ0v) is 11.2. The fourth-order valence-corrected chi connectivity index (χ4v) is 2.28. The summed E-state index contributed by atoms with van der Waals surface area (Å²) in [6.07, 6.45) is 5.21. The van der Waals surface area contributed by atoms with Crippen molar-refractivity contribution in [3.63, 3.8) is 0 Å². The molecule has 2 rings (SSSR count). The van der Waals surface area contributed by atoms with Crippen LogP contribution in [0.5, 0.6) is 0 Å². The molecule has 92 valence electrons. The monoisotopic (exact) mass is 298 g/mol. The van der Waals surface area contributed by atoms with E-state index in [2.05, 4.69) is 32.8 Å². The van der Waals surface area contributed by atoms with Crippen molar-refractivity contribution < 1.29 is 4.79 Å². The Morgan fingerprint density at radius 2 is 2.12 bits per heavy atom. The highest BCUT2D eigenvalue weighted by Gasteiger charge is 2.29. The number of nitrogens with zero attached hydrogens (tertiary/aromatic N) is 3. The van der Waals surface area contributed by atoms with Crippen LogP contribution in [0.15, 0.2) is 16.9 Å². The topological polar surface area (TPSA) is 72.1 Å². The molecule has 5 nitrogen and oxygen atoms in total. The normalized spacial score (nSPS) is 24.7. The Labute approximate surface area is 109 Å². The number of amides is 1. The van der Waals surface area contributed by atoms with E-state index >= 15 is 0 Å². The number of primary amides is 1. The summed E-state index contributed by atoms with van der Waals surface area (Å²) < 4.78 is 0.845. The number of nitrogens with two attached hydrogens (primary N) is 1. The molecule has 2 unspecified atom stereocenters. The number of hydrogen-bond acceptors (Lipinski definition) is 4. The molecule has 1 aromatic heterocycles. The van der Waals surface area contributed by atoms with Gasteiger partial charge in [-0.1, -0.05) is 0 Å². The first-order valence-corrected chi connectivity index (χ1v) is 6.40. The zero-order chi connectivity index (χ0) is 12.4.